The summed E-state index contributed by atoms with van der Waals surface area (Å²) < 4.78 is 0. The van der Waals surface area contributed by atoms with Gasteiger partial charge in [-0.05, 0) is 30.6 Å². The molecule has 0 aromatic carbocycles. The van der Waals surface area contributed by atoms with Gasteiger partial charge in [0.25, 0.3) is 0 Å². The molecule has 1 saturated heterocycles. The van der Waals surface area contributed by atoms with Crippen molar-refractivity contribution in [3.05, 3.63) is 0 Å². The number of halogens is 1. The molecule has 1 aliphatic heterocycles. The molecule has 0 radical (unpaired) electrons. The summed E-state index contributed by atoms with van der Waals surface area (Å²) in [5.41, 5.74) is 0. The largest absolute Gasteiger partial charge is 0.353 e. The minimum Gasteiger partial charge on any atom is -0.353 e. The van der Waals surface area contributed by atoms with Crippen LogP contribution in [-0.4, -0.2) is 37.0 Å². The lowest BCUT2D eigenvalue weighted by molar-refractivity contribution is 0.208. The summed E-state index contributed by atoms with van der Waals surface area (Å²) in [4.78, 5) is 6.86. The van der Waals surface area contributed by atoms with Crippen molar-refractivity contribution < 1.29 is 0 Å². The van der Waals surface area contributed by atoms with Crippen LogP contribution in [0.5, 0.6) is 0 Å². The van der Waals surface area contributed by atoms with Crippen molar-refractivity contribution in [1.82, 2.24) is 10.2 Å². The van der Waals surface area contributed by atoms with E-state index in [2.05, 4.69) is 36.0 Å². The molecule has 2 fully saturated rings. The summed E-state index contributed by atoms with van der Waals surface area (Å²) >= 11 is 0. The number of nitrogens with one attached hydrogen (secondary N) is 1. The van der Waals surface area contributed by atoms with Gasteiger partial charge in [-0.2, -0.15) is 0 Å². The van der Waals surface area contributed by atoms with Crippen LogP contribution >= 0.6 is 24.0 Å². The molecule has 1 N–H and O–H groups in total. The van der Waals surface area contributed by atoms with E-state index in [4.69, 9.17) is 0 Å². The SMILES string of the molecule is CN=C(NC1CC1C)N1CC(C)CC(C)C1.I. The van der Waals surface area contributed by atoms with E-state index in [1.807, 2.05) is 7.05 Å². The summed E-state index contributed by atoms with van der Waals surface area (Å²) in [5, 5.41) is 3.58. The zero-order valence-corrected chi connectivity index (χ0v) is 13.8. The Kier molecular flexibility index (Phi) is 5.54. The zero-order chi connectivity index (χ0) is 11.7. The van der Waals surface area contributed by atoms with Crippen LogP contribution in [0.3, 0.4) is 0 Å². The first-order chi connectivity index (χ1) is 7.60. The zero-order valence-electron chi connectivity index (χ0n) is 11.4. The van der Waals surface area contributed by atoms with Gasteiger partial charge in [0.2, 0.25) is 0 Å². The van der Waals surface area contributed by atoms with E-state index in [0.29, 0.717) is 6.04 Å². The monoisotopic (exact) mass is 351 g/mol. The maximum absolute atomic E-state index is 4.43. The van der Waals surface area contributed by atoms with E-state index in [-0.39, 0.29) is 24.0 Å². The van der Waals surface area contributed by atoms with Crippen LogP contribution in [0.1, 0.15) is 33.6 Å². The van der Waals surface area contributed by atoms with Crippen molar-refractivity contribution in [2.75, 3.05) is 20.1 Å². The fourth-order valence-corrected chi connectivity index (χ4v) is 2.82. The number of piperidine rings is 1. The highest BCUT2D eigenvalue weighted by atomic mass is 127. The Balaban J connectivity index is 0.00000144. The Hall–Kier alpha value is 0. The molecule has 1 aliphatic carbocycles. The summed E-state index contributed by atoms with van der Waals surface area (Å²) in [6.45, 7) is 9.30. The van der Waals surface area contributed by atoms with Crippen molar-refractivity contribution in [2.45, 2.75) is 39.7 Å². The minimum absolute atomic E-state index is 0. The maximum Gasteiger partial charge on any atom is 0.193 e. The predicted molar refractivity (Wildman–Crippen MR) is 84.0 cm³/mol. The van der Waals surface area contributed by atoms with E-state index in [9.17, 15) is 0 Å². The Morgan fingerprint density at radius 3 is 2.06 bits per heavy atom. The molecule has 1 heterocycles. The third-order valence-electron chi connectivity index (χ3n) is 3.80. The molecule has 0 amide bonds. The molecular formula is C13H26IN3. The summed E-state index contributed by atoms with van der Waals surface area (Å²) in [5.74, 6) is 3.53. The van der Waals surface area contributed by atoms with Gasteiger partial charge in [0.05, 0.1) is 0 Å². The normalized spacial score (nSPS) is 37.4. The van der Waals surface area contributed by atoms with Crippen LogP contribution in [0.25, 0.3) is 0 Å². The molecule has 2 aliphatic rings. The lowest BCUT2D eigenvalue weighted by Gasteiger charge is -2.37. The quantitative estimate of drug-likeness (QED) is 0.447. The van der Waals surface area contributed by atoms with Crippen LogP contribution in [-0.2, 0) is 0 Å². The fourth-order valence-electron chi connectivity index (χ4n) is 2.82. The topological polar surface area (TPSA) is 27.6 Å². The molecular weight excluding hydrogens is 325 g/mol. The summed E-state index contributed by atoms with van der Waals surface area (Å²) in [6.07, 6.45) is 2.66. The molecule has 17 heavy (non-hydrogen) atoms. The first kappa shape index (κ1) is 15.1. The number of nitrogens with zero attached hydrogens (tertiary/aromatic N) is 2. The highest BCUT2D eigenvalue weighted by Gasteiger charge is 2.35. The third kappa shape index (κ3) is 4.00. The van der Waals surface area contributed by atoms with E-state index >= 15 is 0 Å². The van der Waals surface area contributed by atoms with Gasteiger partial charge in [-0.3, -0.25) is 4.99 Å². The highest BCUT2D eigenvalue weighted by molar-refractivity contribution is 14.0. The van der Waals surface area contributed by atoms with Crippen LogP contribution in [0, 0.1) is 17.8 Å². The number of hydrogen-bond donors (Lipinski definition) is 1. The Morgan fingerprint density at radius 2 is 1.65 bits per heavy atom. The Bertz CT molecular complexity index is 270. The Labute approximate surface area is 122 Å². The predicted octanol–water partition coefficient (Wildman–Crippen LogP) is 2.57. The van der Waals surface area contributed by atoms with Gasteiger partial charge >= 0.3 is 0 Å². The number of guanidine groups is 1. The van der Waals surface area contributed by atoms with Crippen molar-refractivity contribution in [3.8, 4) is 0 Å². The number of hydrogen-bond acceptors (Lipinski definition) is 1. The second-order valence-corrected chi connectivity index (χ2v) is 5.86. The van der Waals surface area contributed by atoms with Crippen LogP contribution in [0.2, 0.25) is 0 Å². The van der Waals surface area contributed by atoms with Gasteiger partial charge in [0, 0.05) is 26.2 Å². The smallest absolute Gasteiger partial charge is 0.193 e. The summed E-state index contributed by atoms with van der Waals surface area (Å²) in [6, 6.07) is 0.672. The molecule has 0 aromatic rings. The van der Waals surface area contributed by atoms with Crippen molar-refractivity contribution >= 4 is 29.9 Å². The van der Waals surface area contributed by atoms with E-state index < -0.39 is 0 Å². The number of aliphatic imine (C=N–C) groups is 1. The second-order valence-electron chi connectivity index (χ2n) is 5.86. The molecule has 0 aromatic heterocycles. The van der Waals surface area contributed by atoms with Gasteiger partial charge in [0.1, 0.15) is 0 Å². The van der Waals surface area contributed by atoms with Gasteiger partial charge < -0.3 is 10.2 Å². The van der Waals surface area contributed by atoms with Gasteiger partial charge in [-0.1, -0.05) is 20.8 Å². The summed E-state index contributed by atoms with van der Waals surface area (Å²) in [7, 11) is 1.90. The standard InChI is InChI=1S/C13H25N3.HI/c1-9-5-10(2)8-16(7-9)13(14-4)15-12-6-11(12)3;/h9-12H,5-8H2,1-4H3,(H,14,15);1H. The van der Waals surface area contributed by atoms with E-state index in [1.54, 1.807) is 0 Å². The molecule has 1 saturated carbocycles. The van der Waals surface area contributed by atoms with Gasteiger partial charge in [-0.25, -0.2) is 0 Å². The minimum atomic E-state index is 0. The lowest BCUT2D eigenvalue weighted by atomic mass is 9.92. The lowest BCUT2D eigenvalue weighted by Crippen LogP contribution is -2.49. The second kappa shape index (κ2) is 6.25. The van der Waals surface area contributed by atoms with Crippen molar-refractivity contribution in [3.63, 3.8) is 0 Å². The number of likely N-dealkylation sites (tertiary alicyclic amines) is 1. The highest BCUT2D eigenvalue weighted by Crippen LogP contribution is 2.29. The van der Waals surface area contributed by atoms with Crippen LogP contribution in [0.15, 0.2) is 4.99 Å². The average Bonchev–Trinajstić information content (AvgIpc) is 2.89. The molecule has 2 rings (SSSR count). The molecule has 0 bridgehead atoms. The third-order valence-corrected chi connectivity index (χ3v) is 3.80. The first-order valence-electron chi connectivity index (χ1n) is 6.58. The van der Waals surface area contributed by atoms with Crippen LogP contribution in [0.4, 0.5) is 0 Å². The Morgan fingerprint density at radius 1 is 1.12 bits per heavy atom. The van der Waals surface area contributed by atoms with Gasteiger partial charge in [-0.15, -0.1) is 24.0 Å². The van der Waals surface area contributed by atoms with Crippen molar-refractivity contribution in [2.24, 2.45) is 22.7 Å². The number of rotatable bonds is 1. The molecule has 3 nitrogen and oxygen atoms in total. The molecule has 4 atom stereocenters. The van der Waals surface area contributed by atoms with Crippen molar-refractivity contribution in [1.29, 1.82) is 0 Å². The van der Waals surface area contributed by atoms with E-state index in [1.165, 1.54) is 12.8 Å². The molecule has 4 heteroatoms. The molecule has 100 valence electrons. The van der Waals surface area contributed by atoms with Gasteiger partial charge in [0.15, 0.2) is 5.96 Å². The maximum atomic E-state index is 4.43. The molecule has 4 unspecified atom stereocenters. The molecule has 0 spiro atoms. The fraction of sp³-hybridized carbons (Fsp3) is 0.923. The van der Waals surface area contributed by atoms with Crippen LogP contribution < -0.4 is 5.32 Å². The first-order valence-corrected chi connectivity index (χ1v) is 6.58. The average molecular weight is 351 g/mol. The van der Waals surface area contributed by atoms with E-state index in [0.717, 1.165) is 36.8 Å².